The predicted octanol–water partition coefficient (Wildman–Crippen LogP) is 3.00. The van der Waals surface area contributed by atoms with Gasteiger partial charge in [0.15, 0.2) is 0 Å². The van der Waals surface area contributed by atoms with Gasteiger partial charge in [0.25, 0.3) is 0 Å². The maximum atomic E-state index is 12.0. The second-order valence-corrected chi connectivity index (χ2v) is 6.65. The number of rotatable bonds is 7. The molecular formula is C19H28N4O3. The van der Waals surface area contributed by atoms with E-state index in [1.165, 1.54) is 26.2 Å². The summed E-state index contributed by atoms with van der Waals surface area (Å²) in [6.07, 6.45) is 6.58. The number of urea groups is 1. The Morgan fingerprint density at radius 2 is 1.73 bits per heavy atom. The van der Waals surface area contributed by atoms with Crippen LogP contribution in [-0.2, 0) is 9.59 Å². The van der Waals surface area contributed by atoms with Crippen LogP contribution in [0.5, 0.6) is 0 Å². The lowest BCUT2D eigenvalue weighted by molar-refractivity contribution is -0.116. The maximum absolute atomic E-state index is 12.0. The average molecular weight is 360 g/mol. The van der Waals surface area contributed by atoms with Gasteiger partial charge in [-0.05, 0) is 37.5 Å². The third-order valence-corrected chi connectivity index (χ3v) is 4.27. The zero-order chi connectivity index (χ0) is 18.8. The van der Waals surface area contributed by atoms with Crippen LogP contribution in [0.2, 0.25) is 0 Å². The Morgan fingerprint density at radius 1 is 1.04 bits per heavy atom. The van der Waals surface area contributed by atoms with E-state index in [9.17, 15) is 14.4 Å². The molecule has 4 amide bonds. The van der Waals surface area contributed by atoms with Gasteiger partial charge in [0.1, 0.15) is 0 Å². The molecular weight excluding hydrogens is 332 g/mol. The van der Waals surface area contributed by atoms with Gasteiger partial charge >= 0.3 is 6.03 Å². The zero-order valence-corrected chi connectivity index (χ0v) is 15.3. The number of carbonyl (C=O) groups excluding carboxylic acids is 3. The van der Waals surface area contributed by atoms with Crippen molar-refractivity contribution in [2.24, 2.45) is 0 Å². The van der Waals surface area contributed by atoms with Crippen molar-refractivity contribution >= 4 is 29.2 Å². The molecule has 7 nitrogen and oxygen atoms in total. The van der Waals surface area contributed by atoms with Crippen molar-refractivity contribution in [2.45, 2.75) is 57.9 Å². The molecule has 1 aliphatic carbocycles. The van der Waals surface area contributed by atoms with Crippen molar-refractivity contribution < 1.29 is 14.4 Å². The Hall–Kier alpha value is -2.57. The molecule has 0 bridgehead atoms. The molecule has 7 heteroatoms. The number of hydrogen-bond donors (Lipinski definition) is 4. The summed E-state index contributed by atoms with van der Waals surface area (Å²) in [5.41, 5.74) is 1.26. The molecule has 0 spiro atoms. The number of amides is 4. The van der Waals surface area contributed by atoms with E-state index in [1.807, 2.05) is 0 Å². The van der Waals surface area contributed by atoms with E-state index in [0.29, 0.717) is 30.8 Å². The summed E-state index contributed by atoms with van der Waals surface area (Å²) in [6.45, 7) is 1.89. The average Bonchev–Trinajstić information content (AvgIpc) is 2.59. The van der Waals surface area contributed by atoms with Gasteiger partial charge in [0, 0.05) is 37.3 Å². The highest BCUT2D eigenvalue weighted by atomic mass is 16.2. The first-order chi connectivity index (χ1) is 12.5. The van der Waals surface area contributed by atoms with Gasteiger partial charge in [-0.1, -0.05) is 25.3 Å². The molecule has 0 aromatic heterocycles. The van der Waals surface area contributed by atoms with Gasteiger partial charge in [-0.15, -0.1) is 0 Å². The highest BCUT2D eigenvalue weighted by Gasteiger charge is 2.15. The normalized spacial score (nSPS) is 14.3. The lowest BCUT2D eigenvalue weighted by Gasteiger charge is -2.22. The van der Waals surface area contributed by atoms with E-state index in [0.717, 1.165) is 12.8 Å². The molecule has 0 radical (unpaired) electrons. The second-order valence-electron chi connectivity index (χ2n) is 6.65. The second kappa shape index (κ2) is 10.4. The Kier molecular flexibility index (Phi) is 7.92. The SMILES string of the molecule is CC(=O)Nc1cccc(NC(=O)CCCNC(=O)NC2CCCCC2)c1. The number of anilines is 2. The zero-order valence-electron chi connectivity index (χ0n) is 15.3. The van der Waals surface area contributed by atoms with Gasteiger partial charge in [-0.3, -0.25) is 9.59 Å². The minimum atomic E-state index is -0.161. The summed E-state index contributed by atoms with van der Waals surface area (Å²) in [7, 11) is 0. The molecule has 26 heavy (non-hydrogen) atoms. The van der Waals surface area contributed by atoms with E-state index in [1.54, 1.807) is 24.3 Å². The topological polar surface area (TPSA) is 99.3 Å². The number of hydrogen-bond acceptors (Lipinski definition) is 3. The fourth-order valence-electron chi connectivity index (χ4n) is 3.04. The van der Waals surface area contributed by atoms with Gasteiger partial charge in [0.2, 0.25) is 11.8 Å². The Morgan fingerprint density at radius 3 is 2.42 bits per heavy atom. The van der Waals surface area contributed by atoms with Crippen molar-refractivity contribution in [1.29, 1.82) is 0 Å². The van der Waals surface area contributed by atoms with Gasteiger partial charge in [-0.2, -0.15) is 0 Å². The van der Waals surface area contributed by atoms with Crippen LogP contribution in [0.25, 0.3) is 0 Å². The van der Waals surface area contributed by atoms with E-state index in [4.69, 9.17) is 0 Å². The van der Waals surface area contributed by atoms with Crippen molar-refractivity contribution in [3.05, 3.63) is 24.3 Å². The van der Waals surface area contributed by atoms with Crippen molar-refractivity contribution in [1.82, 2.24) is 10.6 Å². The number of nitrogens with one attached hydrogen (secondary N) is 4. The first-order valence-corrected chi connectivity index (χ1v) is 9.25. The van der Waals surface area contributed by atoms with E-state index >= 15 is 0 Å². The summed E-state index contributed by atoms with van der Waals surface area (Å²) >= 11 is 0. The molecule has 0 heterocycles. The molecule has 1 aromatic carbocycles. The summed E-state index contributed by atoms with van der Waals surface area (Å²) in [6, 6.07) is 7.11. The highest BCUT2D eigenvalue weighted by Crippen LogP contribution is 2.17. The molecule has 1 saturated carbocycles. The van der Waals surface area contributed by atoms with Gasteiger partial charge in [0.05, 0.1) is 0 Å². The molecule has 0 saturated heterocycles. The van der Waals surface area contributed by atoms with Crippen molar-refractivity contribution in [2.75, 3.05) is 17.2 Å². The number of benzene rings is 1. The molecule has 1 aliphatic rings. The number of carbonyl (C=O) groups is 3. The maximum Gasteiger partial charge on any atom is 0.315 e. The fraction of sp³-hybridized carbons (Fsp3) is 0.526. The molecule has 142 valence electrons. The lowest BCUT2D eigenvalue weighted by Crippen LogP contribution is -2.43. The Labute approximate surface area is 154 Å². The van der Waals surface area contributed by atoms with Crippen LogP contribution >= 0.6 is 0 Å². The monoisotopic (exact) mass is 360 g/mol. The molecule has 2 rings (SSSR count). The van der Waals surface area contributed by atoms with Crippen molar-refractivity contribution in [3.8, 4) is 0 Å². The van der Waals surface area contributed by atoms with Crippen LogP contribution in [0, 0.1) is 0 Å². The minimum Gasteiger partial charge on any atom is -0.338 e. The first-order valence-electron chi connectivity index (χ1n) is 9.25. The molecule has 0 unspecified atom stereocenters. The Balaban J connectivity index is 1.62. The summed E-state index contributed by atoms with van der Waals surface area (Å²) < 4.78 is 0. The molecule has 1 aromatic rings. The molecule has 0 atom stereocenters. The standard InChI is InChI=1S/C19H28N4O3/c1-14(24)21-16-9-5-10-17(13-16)22-18(25)11-6-12-20-19(26)23-15-7-3-2-4-8-15/h5,9-10,13,15H,2-4,6-8,11-12H2,1H3,(H,21,24)(H,22,25)(H2,20,23,26). The quantitative estimate of drug-likeness (QED) is 0.563. The third kappa shape index (κ3) is 7.55. The van der Waals surface area contributed by atoms with E-state index in [2.05, 4.69) is 21.3 Å². The summed E-state index contributed by atoms with van der Waals surface area (Å²) in [5.74, 6) is -0.287. The molecule has 4 N–H and O–H groups in total. The van der Waals surface area contributed by atoms with Crippen molar-refractivity contribution in [3.63, 3.8) is 0 Å². The summed E-state index contributed by atoms with van der Waals surface area (Å²) in [4.78, 5) is 34.9. The van der Waals surface area contributed by atoms with Gasteiger partial charge in [-0.25, -0.2) is 4.79 Å². The van der Waals surface area contributed by atoms with Gasteiger partial charge < -0.3 is 21.3 Å². The smallest absolute Gasteiger partial charge is 0.315 e. The fourth-order valence-corrected chi connectivity index (χ4v) is 3.04. The largest absolute Gasteiger partial charge is 0.338 e. The van der Waals surface area contributed by atoms with Crippen LogP contribution in [0.15, 0.2) is 24.3 Å². The summed E-state index contributed by atoms with van der Waals surface area (Å²) in [5, 5.41) is 11.2. The first kappa shape index (κ1) is 19.8. The van der Waals surface area contributed by atoms with E-state index in [-0.39, 0.29) is 23.9 Å². The minimum absolute atomic E-state index is 0.125. The van der Waals surface area contributed by atoms with E-state index < -0.39 is 0 Å². The highest BCUT2D eigenvalue weighted by molar-refractivity contribution is 5.93. The van der Waals surface area contributed by atoms with Crippen LogP contribution in [0.3, 0.4) is 0 Å². The predicted molar refractivity (Wildman–Crippen MR) is 102 cm³/mol. The van der Waals surface area contributed by atoms with Crippen LogP contribution in [0.4, 0.5) is 16.2 Å². The van der Waals surface area contributed by atoms with Crippen LogP contribution in [0.1, 0.15) is 51.9 Å². The van der Waals surface area contributed by atoms with Crippen LogP contribution < -0.4 is 21.3 Å². The Bertz CT molecular complexity index is 627. The molecule has 0 aliphatic heterocycles. The third-order valence-electron chi connectivity index (χ3n) is 4.27. The molecule has 1 fully saturated rings. The lowest BCUT2D eigenvalue weighted by atomic mass is 9.96. The van der Waals surface area contributed by atoms with Crippen LogP contribution in [-0.4, -0.2) is 30.4 Å².